The minimum Gasteiger partial charge on any atom is -0.480 e. The Morgan fingerprint density at radius 3 is 2.79 bits per heavy atom. The van der Waals surface area contributed by atoms with Crippen molar-refractivity contribution < 1.29 is 14.7 Å². The summed E-state index contributed by atoms with van der Waals surface area (Å²) < 4.78 is 0. The third-order valence-electron chi connectivity index (χ3n) is 3.23. The van der Waals surface area contributed by atoms with E-state index in [9.17, 15) is 14.7 Å². The van der Waals surface area contributed by atoms with E-state index in [1.807, 2.05) is 0 Å². The summed E-state index contributed by atoms with van der Waals surface area (Å²) in [6, 6.07) is 4.00. The molecule has 1 aliphatic heterocycles. The zero-order valence-corrected chi connectivity index (χ0v) is 11.1. The summed E-state index contributed by atoms with van der Waals surface area (Å²) in [6.45, 7) is 0.448. The number of carboxylic acids is 1. The van der Waals surface area contributed by atoms with Crippen molar-refractivity contribution in [1.82, 2.24) is 9.88 Å². The molecule has 0 aromatic carbocycles. The van der Waals surface area contributed by atoms with Crippen LogP contribution in [0, 0.1) is 0 Å². The summed E-state index contributed by atoms with van der Waals surface area (Å²) in [6.07, 6.45) is 3.07. The van der Waals surface area contributed by atoms with Crippen molar-refractivity contribution in [1.29, 1.82) is 0 Å². The molecule has 0 saturated carbocycles. The number of carbonyl (C=O) groups is 2. The molecule has 1 unspecified atom stereocenters. The van der Waals surface area contributed by atoms with E-state index in [0.717, 1.165) is 19.3 Å². The van der Waals surface area contributed by atoms with Gasteiger partial charge in [-0.2, -0.15) is 0 Å². The molecule has 0 spiro atoms. The molecule has 102 valence electrons. The third-order valence-corrected chi connectivity index (χ3v) is 3.44. The molecule has 0 bridgehead atoms. The molecule has 1 aromatic heterocycles. The molecule has 1 amide bonds. The minimum atomic E-state index is -0.961. The van der Waals surface area contributed by atoms with Crippen LogP contribution >= 0.6 is 11.6 Å². The van der Waals surface area contributed by atoms with Crippen molar-refractivity contribution >= 4 is 23.5 Å². The smallest absolute Gasteiger partial charge is 0.326 e. The Hall–Kier alpha value is -1.62. The highest BCUT2D eigenvalue weighted by Crippen LogP contribution is 2.19. The maximum Gasteiger partial charge on any atom is 0.326 e. The number of hydrogen-bond acceptors (Lipinski definition) is 3. The number of amides is 1. The molecule has 2 heterocycles. The van der Waals surface area contributed by atoms with Crippen LogP contribution in [0.2, 0.25) is 5.15 Å². The Bertz CT molecular complexity index is 493. The van der Waals surface area contributed by atoms with Gasteiger partial charge in [0.25, 0.3) is 5.91 Å². The number of nitrogens with zero attached hydrogens (tertiary/aromatic N) is 2. The third kappa shape index (κ3) is 3.23. The van der Waals surface area contributed by atoms with Crippen LogP contribution in [0.1, 0.15) is 36.2 Å². The van der Waals surface area contributed by atoms with Crippen molar-refractivity contribution in [2.75, 3.05) is 6.54 Å². The monoisotopic (exact) mass is 282 g/mol. The van der Waals surface area contributed by atoms with Crippen molar-refractivity contribution in [2.45, 2.75) is 31.7 Å². The SMILES string of the molecule is O=C(O)C1CCCCCN1C(=O)c1cccc(Cl)n1. The van der Waals surface area contributed by atoms with Gasteiger partial charge < -0.3 is 10.0 Å². The standard InChI is InChI=1S/C13H15ClN2O3/c14-11-7-4-5-9(15-11)12(17)16-8-3-1-2-6-10(16)13(18)19/h4-5,7,10H,1-3,6,8H2,(H,18,19). The molecule has 0 aliphatic carbocycles. The van der Waals surface area contributed by atoms with E-state index in [0.29, 0.717) is 13.0 Å². The van der Waals surface area contributed by atoms with E-state index in [2.05, 4.69) is 4.98 Å². The number of likely N-dealkylation sites (tertiary alicyclic amines) is 1. The Balaban J connectivity index is 2.26. The minimum absolute atomic E-state index is 0.195. The van der Waals surface area contributed by atoms with Crippen molar-refractivity contribution in [3.8, 4) is 0 Å². The number of halogens is 1. The first kappa shape index (κ1) is 13.8. The molecule has 1 atom stereocenters. The fourth-order valence-corrected chi connectivity index (χ4v) is 2.45. The van der Waals surface area contributed by atoms with Gasteiger partial charge in [-0.3, -0.25) is 4.79 Å². The molecular formula is C13H15ClN2O3. The van der Waals surface area contributed by atoms with Gasteiger partial charge in [0, 0.05) is 6.54 Å². The van der Waals surface area contributed by atoms with Crippen LogP contribution in [-0.2, 0) is 4.79 Å². The zero-order valence-electron chi connectivity index (χ0n) is 10.4. The topological polar surface area (TPSA) is 70.5 Å². The highest BCUT2D eigenvalue weighted by atomic mass is 35.5. The van der Waals surface area contributed by atoms with Crippen LogP contribution in [-0.4, -0.2) is 39.5 Å². The fraction of sp³-hybridized carbons (Fsp3) is 0.462. The highest BCUT2D eigenvalue weighted by Gasteiger charge is 2.31. The van der Waals surface area contributed by atoms with Gasteiger partial charge in [-0.05, 0) is 25.0 Å². The molecule has 1 N–H and O–H groups in total. The van der Waals surface area contributed by atoms with Crippen LogP contribution in [0.25, 0.3) is 0 Å². The molecule has 6 heteroatoms. The van der Waals surface area contributed by atoms with Gasteiger partial charge >= 0.3 is 5.97 Å². The number of rotatable bonds is 2. The lowest BCUT2D eigenvalue weighted by molar-refractivity contribution is -0.142. The van der Waals surface area contributed by atoms with Crippen LogP contribution < -0.4 is 0 Å². The summed E-state index contributed by atoms with van der Waals surface area (Å²) in [4.78, 5) is 29.0. The average Bonchev–Trinajstić information content (AvgIpc) is 2.63. The van der Waals surface area contributed by atoms with Crippen molar-refractivity contribution in [3.05, 3.63) is 29.0 Å². The van der Waals surface area contributed by atoms with Gasteiger partial charge in [0.2, 0.25) is 0 Å². The summed E-state index contributed by atoms with van der Waals surface area (Å²) >= 11 is 5.76. The maximum absolute atomic E-state index is 12.4. The first-order valence-corrected chi connectivity index (χ1v) is 6.63. The maximum atomic E-state index is 12.4. The Morgan fingerprint density at radius 1 is 1.32 bits per heavy atom. The lowest BCUT2D eigenvalue weighted by Crippen LogP contribution is -2.44. The Kier molecular flexibility index (Phi) is 4.37. The lowest BCUT2D eigenvalue weighted by Gasteiger charge is -2.26. The molecule has 1 aliphatic rings. The zero-order chi connectivity index (χ0) is 13.8. The van der Waals surface area contributed by atoms with E-state index in [1.165, 1.54) is 4.90 Å². The van der Waals surface area contributed by atoms with Crippen LogP contribution in [0.15, 0.2) is 18.2 Å². The quantitative estimate of drug-likeness (QED) is 0.844. The summed E-state index contributed by atoms with van der Waals surface area (Å²) in [5.74, 6) is -1.32. The summed E-state index contributed by atoms with van der Waals surface area (Å²) in [7, 11) is 0. The fourth-order valence-electron chi connectivity index (χ4n) is 2.28. The molecule has 1 fully saturated rings. The first-order valence-electron chi connectivity index (χ1n) is 6.26. The summed E-state index contributed by atoms with van der Waals surface area (Å²) in [5, 5.41) is 9.47. The molecule has 5 nitrogen and oxygen atoms in total. The Morgan fingerprint density at radius 2 is 2.11 bits per heavy atom. The second kappa shape index (κ2) is 6.02. The molecule has 1 aromatic rings. The van der Waals surface area contributed by atoms with E-state index >= 15 is 0 Å². The summed E-state index contributed by atoms with van der Waals surface area (Å²) in [5.41, 5.74) is 0.195. The molecular weight excluding hydrogens is 268 g/mol. The number of pyridine rings is 1. The second-order valence-electron chi connectivity index (χ2n) is 4.55. The van der Waals surface area contributed by atoms with Crippen molar-refractivity contribution in [2.24, 2.45) is 0 Å². The number of aliphatic carboxylic acids is 1. The molecule has 2 rings (SSSR count). The average molecular weight is 283 g/mol. The van der Waals surface area contributed by atoms with Gasteiger partial charge in [-0.1, -0.05) is 30.5 Å². The molecule has 1 saturated heterocycles. The highest BCUT2D eigenvalue weighted by molar-refractivity contribution is 6.29. The van der Waals surface area contributed by atoms with Gasteiger partial charge in [-0.15, -0.1) is 0 Å². The van der Waals surface area contributed by atoms with E-state index in [-0.39, 0.29) is 16.8 Å². The van der Waals surface area contributed by atoms with Gasteiger partial charge in [0.05, 0.1) is 0 Å². The van der Waals surface area contributed by atoms with Crippen LogP contribution in [0.3, 0.4) is 0 Å². The predicted molar refractivity (Wildman–Crippen MR) is 70.2 cm³/mol. The Labute approximate surface area is 116 Å². The van der Waals surface area contributed by atoms with E-state index < -0.39 is 12.0 Å². The van der Waals surface area contributed by atoms with E-state index in [4.69, 9.17) is 11.6 Å². The largest absolute Gasteiger partial charge is 0.480 e. The normalized spacial score (nSPS) is 19.8. The van der Waals surface area contributed by atoms with Gasteiger partial charge in [0.1, 0.15) is 16.9 Å². The number of aromatic nitrogens is 1. The van der Waals surface area contributed by atoms with Gasteiger partial charge in [-0.25, -0.2) is 9.78 Å². The second-order valence-corrected chi connectivity index (χ2v) is 4.93. The number of carbonyl (C=O) groups excluding carboxylic acids is 1. The lowest BCUT2D eigenvalue weighted by atomic mass is 10.1. The molecule has 19 heavy (non-hydrogen) atoms. The van der Waals surface area contributed by atoms with Gasteiger partial charge in [0.15, 0.2) is 0 Å². The van der Waals surface area contributed by atoms with Crippen LogP contribution in [0.4, 0.5) is 0 Å². The number of carboxylic acid groups (broad SMARTS) is 1. The number of hydrogen-bond donors (Lipinski definition) is 1. The first-order chi connectivity index (χ1) is 9.09. The predicted octanol–water partition coefficient (Wildman–Crippen LogP) is 2.20. The van der Waals surface area contributed by atoms with Crippen LogP contribution in [0.5, 0.6) is 0 Å². The van der Waals surface area contributed by atoms with E-state index in [1.54, 1.807) is 18.2 Å². The molecule has 0 radical (unpaired) electrons. The van der Waals surface area contributed by atoms with Crippen molar-refractivity contribution in [3.63, 3.8) is 0 Å².